The Hall–Kier alpha value is -1.05. The molecule has 0 amide bonds. The number of hydrogen-bond acceptors (Lipinski definition) is 5. The minimum Gasteiger partial charge on any atom is -0.362 e. The highest BCUT2D eigenvalue weighted by Crippen LogP contribution is 2.47. The zero-order valence-corrected chi connectivity index (χ0v) is 14.3. The van der Waals surface area contributed by atoms with Gasteiger partial charge in [-0.15, -0.1) is 0 Å². The zero-order valence-electron chi connectivity index (χ0n) is 14.3. The lowest BCUT2D eigenvalue weighted by Crippen LogP contribution is -2.40. The van der Waals surface area contributed by atoms with E-state index in [0.717, 1.165) is 5.56 Å². The van der Waals surface area contributed by atoms with E-state index < -0.39 is 11.6 Å². The molecule has 3 fully saturated rings. The van der Waals surface area contributed by atoms with Crippen LogP contribution >= 0.6 is 0 Å². The summed E-state index contributed by atoms with van der Waals surface area (Å²) in [5, 5.41) is 0. The molecule has 4 rings (SSSR count). The van der Waals surface area contributed by atoms with Crippen molar-refractivity contribution in [3.8, 4) is 0 Å². The fraction of sp³-hybridized carbons (Fsp3) is 0.667. The lowest BCUT2D eigenvalue weighted by Gasteiger charge is -2.27. The molecule has 0 aliphatic carbocycles. The monoisotopic (exact) mass is 338 g/mol. The van der Waals surface area contributed by atoms with E-state index in [4.69, 9.17) is 23.7 Å². The van der Waals surface area contributed by atoms with Crippen molar-refractivity contribution in [3.05, 3.63) is 35.6 Å². The summed E-state index contributed by atoms with van der Waals surface area (Å²) in [5.41, 5.74) is 0.869. The smallest absolute Gasteiger partial charge is 0.164 e. The van der Waals surface area contributed by atoms with E-state index in [9.17, 15) is 4.39 Å². The maximum Gasteiger partial charge on any atom is 0.164 e. The van der Waals surface area contributed by atoms with Crippen molar-refractivity contribution in [2.75, 3.05) is 6.61 Å². The topological polar surface area (TPSA) is 46.2 Å². The highest BCUT2D eigenvalue weighted by Gasteiger charge is 2.59. The van der Waals surface area contributed by atoms with Crippen molar-refractivity contribution in [2.24, 2.45) is 0 Å². The van der Waals surface area contributed by atoms with Crippen LogP contribution in [0.2, 0.25) is 0 Å². The second-order valence-electron chi connectivity index (χ2n) is 7.50. The second kappa shape index (κ2) is 5.47. The highest BCUT2D eigenvalue weighted by atomic mass is 19.1. The Balaban J connectivity index is 1.61. The van der Waals surface area contributed by atoms with Crippen LogP contribution in [0.25, 0.3) is 0 Å². The van der Waals surface area contributed by atoms with Gasteiger partial charge in [-0.1, -0.05) is 12.1 Å². The molecule has 1 aromatic rings. The van der Waals surface area contributed by atoms with Crippen molar-refractivity contribution in [1.82, 2.24) is 0 Å². The lowest BCUT2D eigenvalue weighted by molar-refractivity contribution is -0.207. The Morgan fingerprint density at radius 1 is 0.875 bits per heavy atom. The van der Waals surface area contributed by atoms with E-state index >= 15 is 0 Å². The van der Waals surface area contributed by atoms with Gasteiger partial charge in [0.15, 0.2) is 11.6 Å². The number of hydrogen-bond donors (Lipinski definition) is 0. The molecular weight excluding hydrogens is 315 g/mol. The minimum atomic E-state index is -0.690. The zero-order chi connectivity index (χ0) is 17.1. The van der Waals surface area contributed by atoms with E-state index in [1.165, 1.54) is 12.1 Å². The number of fused-ring (bicyclic) bond motifs is 1. The number of rotatable bonds is 2. The molecule has 0 bridgehead atoms. The van der Waals surface area contributed by atoms with Crippen LogP contribution in [0.4, 0.5) is 4.39 Å². The Morgan fingerprint density at radius 2 is 1.54 bits per heavy atom. The predicted octanol–water partition coefficient (Wildman–Crippen LogP) is 2.94. The van der Waals surface area contributed by atoms with Gasteiger partial charge in [-0.25, -0.2) is 4.39 Å². The molecule has 0 aromatic heterocycles. The molecule has 0 spiro atoms. The third-order valence-corrected chi connectivity index (χ3v) is 4.68. The van der Waals surface area contributed by atoms with E-state index in [1.807, 2.05) is 27.7 Å². The molecule has 6 heteroatoms. The first-order valence-corrected chi connectivity index (χ1v) is 8.32. The maximum atomic E-state index is 13.2. The van der Waals surface area contributed by atoms with Gasteiger partial charge in [-0.2, -0.15) is 0 Å². The first-order chi connectivity index (χ1) is 11.2. The molecule has 3 aliphatic rings. The fourth-order valence-corrected chi connectivity index (χ4v) is 3.73. The lowest BCUT2D eigenvalue weighted by atomic mass is 10.00. The molecule has 0 saturated carbocycles. The third-order valence-electron chi connectivity index (χ3n) is 4.68. The molecule has 5 nitrogen and oxygen atoms in total. The Labute approximate surface area is 141 Å². The van der Waals surface area contributed by atoms with E-state index in [1.54, 1.807) is 12.1 Å². The molecule has 24 heavy (non-hydrogen) atoms. The molecule has 1 aromatic carbocycles. The first-order valence-electron chi connectivity index (χ1n) is 8.32. The van der Waals surface area contributed by atoms with Crippen molar-refractivity contribution in [2.45, 2.75) is 69.8 Å². The number of halogens is 1. The van der Waals surface area contributed by atoms with E-state index in [2.05, 4.69) is 0 Å². The van der Waals surface area contributed by atoms with Crippen LogP contribution in [0, 0.1) is 5.82 Å². The molecule has 132 valence electrons. The van der Waals surface area contributed by atoms with Crippen molar-refractivity contribution in [3.63, 3.8) is 0 Å². The summed E-state index contributed by atoms with van der Waals surface area (Å²) in [6.07, 6.45) is -1.36. The summed E-state index contributed by atoms with van der Waals surface area (Å²) in [6, 6.07) is 6.31. The first kappa shape index (κ1) is 16.4. The molecule has 0 radical (unpaired) electrons. The Morgan fingerprint density at radius 3 is 2.17 bits per heavy atom. The van der Waals surface area contributed by atoms with Gasteiger partial charge < -0.3 is 23.7 Å². The summed E-state index contributed by atoms with van der Waals surface area (Å²) in [7, 11) is 0. The van der Waals surface area contributed by atoms with Crippen molar-refractivity contribution in [1.29, 1.82) is 0 Å². The standard InChI is InChI=1S/C18H23FO5/c1-17(2)20-9-12(22-17)14-16-15(23-18(3,4)24-16)13(21-14)10-5-7-11(19)8-6-10/h5-8,12-16H,9H2,1-4H3/t12-,13-,14-,15-,16+/m1/s1. The van der Waals surface area contributed by atoms with Crippen LogP contribution in [0.1, 0.15) is 39.4 Å². The molecule has 3 heterocycles. The SMILES string of the molecule is CC1(C)O[C@@H]2[C@H](O1)[C@@H](c1ccc(F)cc1)O[C@@H]2[C@H]1COC(C)(C)O1. The van der Waals surface area contributed by atoms with Crippen LogP contribution in [-0.2, 0) is 23.7 Å². The number of ether oxygens (including phenoxy) is 5. The maximum absolute atomic E-state index is 13.2. The number of benzene rings is 1. The van der Waals surface area contributed by atoms with Gasteiger partial charge in [0.2, 0.25) is 0 Å². The molecule has 5 atom stereocenters. The quantitative estimate of drug-likeness (QED) is 0.830. The summed E-state index contributed by atoms with van der Waals surface area (Å²) in [5.74, 6) is -1.60. The highest BCUT2D eigenvalue weighted by molar-refractivity contribution is 5.23. The molecular formula is C18H23FO5. The Bertz CT molecular complexity index is 614. The average molecular weight is 338 g/mol. The van der Waals surface area contributed by atoms with E-state index in [0.29, 0.717) is 6.61 Å². The summed E-state index contributed by atoms with van der Waals surface area (Å²) < 4.78 is 43.3. The van der Waals surface area contributed by atoms with Gasteiger partial charge in [0.1, 0.15) is 36.3 Å². The van der Waals surface area contributed by atoms with Gasteiger partial charge in [-0.05, 0) is 45.4 Å². The van der Waals surface area contributed by atoms with Crippen molar-refractivity contribution >= 4 is 0 Å². The minimum absolute atomic E-state index is 0.226. The van der Waals surface area contributed by atoms with Crippen LogP contribution in [-0.4, -0.2) is 42.6 Å². The van der Waals surface area contributed by atoms with Crippen LogP contribution in [0.15, 0.2) is 24.3 Å². The molecule has 0 N–H and O–H groups in total. The van der Waals surface area contributed by atoms with Gasteiger partial charge in [0.05, 0.1) is 6.61 Å². The largest absolute Gasteiger partial charge is 0.362 e. The summed E-state index contributed by atoms with van der Waals surface area (Å²) in [4.78, 5) is 0. The average Bonchev–Trinajstić information content (AvgIpc) is 3.10. The van der Waals surface area contributed by atoms with Gasteiger partial charge in [0, 0.05) is 0 Å². The van der Waals surface area contributed by atoms with Gasteiger partial charge in [-0.3, -0.25) is 0 Å². The molecule has 0 unspecified atom stereocenters. The Kier molecular flexibility index (Phi) is 3.75. The van der Waals surface area contributed by atoms with Crippen LogP contribution in [0.5, 0.6) is 0 Å². The van der Waals surface area contributed by atoms with E-state index in [-0.39, 0.29) is 36.3 Å². The van der Waals surface area contributed by atoms with Crippen LogP contribution < -0.4 is 0 Å². The second-order valence-corrected chi connectivity index (χ2v) is 7.50. The van der Waals surface area contributed by atoms with Gasteiger partial charge >= 0.3 is 0 Å². The molecule has 3 aliphatic heterocycles. The third kappa shape index (κ3) is 2.86. The summed E-state index contributed by atoms with van der Waals surface area (Å²) >= 11 is 0. The molecule has 3 saturated heterocycles. The normalized spacial score (nSPS) is 40.0. The summed E-state index contributed by atoms with van der Waals surface area (Å²) in [6.45, 7) is 7.99. The van der Waals surface area contributed by atoms with Crippen molar-refractivity contribution < 1.29 is 28.1 Å². The van der Waals surface area contributed by atoms with Crippen LogP contribution in [0.3, 0.4) is 0 Å². The van der Waals surface area contributed by atoms with Gasteiger partial charge in [0.25, 0.3) is 0 Å². The predicted molar refractivity (Wildman–Crippen MR) is 82.7 cm³/mol. The fourth-order valence-electron chi connectivity index (χ4n) is 3.73.